The Morgan fingerprint density at radius 3 is 2.15 bits per heavy atom. The molecule has 1 heterocycles. The van der Waals surface area contributed by atoms with Crippen LogP contribution in [-0.2, 0) is 4.79 Å². The molecule has 0 bridgehead atoms. The predicted octanol–water partition coefficient (Wildman–Crippen LogP) is 2.41. The highest BCUT2D eigenvalue weighted by Crippen LogP contribution is 2.38. The quantitative estimate of drug-likeness (QED) is 0.722. The highest BCUT2D eigenvalue weighted by atomic mass is 16.1. The van der Waals surface area contributed by atoms with Gasteiger partial charge in [0.25, 0.3) is 0 Å². The van der Waals surface area contributed by atoms with Gasteiger partial charge in [0.05, 0.1) is 0 Å². The van der Waals surface area contributed by atoms with E-state index in [0.717, 1.165) is 44.3 Å². The summed E-state index contributed by atoms with van der Waals surface area (Å²) in [5.41, 5.74) is -0.0226. The summed E-state index contributed by atoms with van der Waals surface area (Å²) in [6.45, 7) is 9.41. The first-order valence-electron chi connectivity index (χ1n) is 8.60. The maximum Gasteiger partial charge on any atom is 0.127 e. The second-order valence-corrected chi connectivity index (χ2v) is 7.68. The Bertz CT molecular complexity index is 324. The second kappa shape index (κ2) is 6.15. The van der Waals surface area contributed by atoms with E-state index in [9.17, 15) is 4.79 Å². The Hall–Kier alpha value is -0.410. The van der Waals surface area contributed by atoms with Crippen LogP contribution in [-0.4, -0.2) is 55.4 Å². The summed E-state index contributed by atoms with van der Waals surface area (Å²) in [4.78, 5) is 16.8. The Morgan fingerprint density at radius 2 is 1.60 bits per heavy atom. The fraction of sp³-hybridized carbons (Fsp3) is 0.941. The molecule has 0 spiro atoms. The zero-order valence-corrected chi connectivity index (χ0v) is 13.0. The number of hydrogen-bond donors (Lipinski definition) is 0. The molecule has 2 aliphatic carbocycles. The molecule has 3 fully saturated rings. The Morgan fingerprint density at radius 1 is 1.00 bits per heavy atom. The molecular weight excluding hydrogens is 248 g/mol. The minimum absolute atomic E-state index is 0.0226. The van der Waals surface area contributed by atoms with E-state index in [1.54, 1.807) is 0 Å². The lowest BCUT2D eigenvalue weighted by molar-refractivity contribution is -0.120. The number of hydrogen-bond acceptors (Lipinski definition) is 3. The first-order valence-corrected chi connectivity index (χ1v) is 8.60. The molecule has 3 aliphatic rings. The first kappa shape index (κ1) is 14.5. The van der Waals surface area contributed by atoms with E-state index in [1.807, 2.05) is 0 Å². The summed E-state index contributed by atoms with van der Waals surface area (Å²) in [5.74, 6) is 1.82. The molecular formula is C17H30N2O. The lowest BCUT2D eigenvalue weighted by atomic mass is 9.71. The fourth-order valence-electron chi connectivity index (χ4n) is 3.89. The van der Waals surface area contributed by atoms with Crippen LogP contribution in [0.2, 0.25) is 0 Å². The van der Waals surface area contributed by atoms with Gasteiger partial charge in [-0.2, -0.15) is 0 Å². The van der Waals surface area contributed by atoms with Crippen molar-refractivity contribution in [3.8, 4) is 0 Å². The van der Waals surface area contributed by atoms with E-state index in [4.69, 9.17) is 0 Å². The summed E-state index contributed by atoms with van der Waals surface area (Å²) in [5, 5.41) is 0. The minimum atomic E-state index is -0.0226. The largest absolute Gasteiger partial charge is 0.303 e. The van der Waals surface area contributed by atoms with Gasteiger partial charge in [0.1, 0.15) is 6.29 Å². The summed E-state index contributed by atoms with van der Waals surface area (Å²) in [6.07, 6.45) is 8.88. The first-order chi connectivity index (χ1) is 9.69. The lowest BCUT2D eigenvalue weighted by Gasteiger charge is -2.42. The number of aldehydes is 1. The normalized spacial score (nSPS) is 37.0. The molecule has 0 atom stereocenters. The van der Waals surface area contributed by atoms with Crippen molar-refractivity contribution in [3.63, 3.8) is 0 Å². The van der Waals surface area contributed by atoms with Crippen molar-refractivity contribution in [3.05, 3.63) is 0 Å². The maximum atomic E-state index is 11.6. The standard InChI is InChI=1S/C17H30N2O/c1-15-4-6-17(14-20,7-5-15)13-19-10-8-18(9-11-19)12-16-2-3-16/h14-16H,2-13H2,1H3. The molecule has 0 aromatic heterocycles. The molecule has 3 heteroatoms. The molecule has 0 N–H and O–H groups in total. The molecule has 3 nitrogen and oxygen atoms in total. The highest BCUT2D eigenvalue weighted by molar-refractivity contribution is 5.60. The summed E-state index contributed by atoms with van der Waals surface area (Å²) in [6, 6.07) is 0. The number of nitrogens with zero attached hydrogens (tertiary/aromatic N) is 2. The summed E-state index contributed by atoms with van der Waals surface area (Å²) < 4.78 is 0. The molecule has 20 heavy (non-hydrogen) atoms. The molecule has 3 rings (SSSR count). The minimum Gasteiger partial charge on any atom is -0.303 e. The van der Waals surface area contributed by atoms with Gasteiger partial charge in [-0.1, -0.05) is 6.92 Å². The van der Waals surface area contributed by atoms with Gasteiger partial charge in [-0.25, -0.2) is 0 Å². The van der Waals surface area contributed by atoms with Crippen molar-refractivity contribution < 1.29 is 4.79 Å². The van der Waals surface area contributed by atoms with E-state index in [0.29, 0.717) is 0 Å². The predicted molar refractivity (Wildman–Crippen MR) is 81.7 cm³/mol. The van der Waals surface area contributed by atoms with Crippen molar-refractivity contribution in [2.24, 2.45) is 17.3 Å². The highest BCUT2D eigenvalue weighted by Gasteiger charge is 2.36. The van der Waals surface area contributed by atoms with Crippen LogP contribution in [0.1, 0.15) is 45.4 Å². The van der Waals surface area contributed by atoms with E-state index in [1.165, 1.54) is 51.6 Å². The zero-order valence-electron chi connectivity index (χ0n) is 13.0. The third kappa shape index (κ3) is 3.62. The third-order valence-electron chi connectivity index (χ3n) is 5.74. The van der Waals surface area contributed by atoms with Crippen molar-refractivity contribution in [2.75, 3.05) is 39.3 Å². The molecule has 0 unspecified atom stereocenters. The number of carbonyl (C=O) groups is 1. The second-order valence-electron chi connectivity index (χ2n) is 7.68. The van der Waals surface area contributed by atoms with Crippen LogP contribution in [0.4, 0.5) is 0 Å². The molecule has 0 amide bonds. The number of carbonyl (C=O) groups excluding carboxylic acids is 1. The van der Waals surface area contributed by atoms with Gasteiger partial charge in [-0.05, 0) is 50.4 Å². The van der Waals surface area contributed by atoms with Gasteiger partial charge < -0.3 is 9.69 Å². The molecule has 1 aliphatic heterocycles. The fourth-order valence-corrected chi connectivity index (χ4v) is 3.89. The molecule has 0 aromatic rings. The van der Waals surface area contributed by atoms with Gasteiger partial charge in [-0.15, -0.1) is 0 Å². The molecule has 1 saturated heterocycles. The van der Waals surface area contributed by atoms with Crippen LogP contribution < -0.4 is 0 Å². The lowest BCUT2D eigenvalue weighted by Crippen LogP contribution is -2.51. The van der Waals surface area contributed by atoms with E-state index < -0.39 is 0 Å². The summed E-state index contributed by atoms with van der Waals surface area (Å²) >= 11 is 0. The SMILES string of the molecule is CC1CCC(C=O)(CN2CCN(CC3CC3)CC2)CC1. The molecule has 2 saturated carbocycles. The van der Waals surface area contributed by atoms with Crippen LogP contribution in [0.5, 0.6) is 0 Å². The third-order valence-corrected chi connectivity index (χ3v) is 5.74. The van der Waals surface area contributed by atoms with Crippen molar-refractivity contribution in [1.29, 1.82) is 0 Å². The molecule has 0 radical (unpaired) electrons. The Labute approximate surface area is 123 Å². The Kier molecular flexibility index (Phi) is 4.46. The van der Waals surface area contributed by atoms with Crippen LogP contribution in [0.3, 0.4) is 0 Å². The monoisotopic (exact) mass is 278 g/mol. The van der Waals surface area contributed by atoms with Crippen LogP contribution in [0, 0.1) is 17.3 Å². The smallest absolute Gasteiger partial charge is 0.127 e. The van der Waals surface area contributed by atoms with Gasteiger partial charge in [0, 0.05) is 44.7 Å². The Balaban J connectivity index is 1.46. The van der Waals surface area contributed by atoms with Gasteiger partial charge >= 0.3 is 0 Å². The average molecular weight is 278 g/mol. The van der Waals surface area contributed by atoms with Crippen LogP contribution in [0.15, 0.2) is 0 Å². The zero-order chi connectivity index (χ0) is 14.0. The van der Waals surface area contributed by atoms with Crippen LogP contribution >= 0.6 is 0 Å². The van der Waals surface area contributed by atoms with Crippen molar-refractivity contribution in [2.45, 2.75) is 45.4 Å². The molecule has 114 valence electrons. The number of piperazine rings is 1. The van der Waals surface area contributed by atoms with Crippen molar-refractivity contribution >= 4 is 6.29 Å². The number of rotatable bonds is 5. The van der Waals surface area contributed by atoms with E-state index in [-0.39, 0.29) is 5.41 Å². The average Bonchev–Trinajstić information content (AvgIpc) is 3.28. The van der Waals surface area contributed by atoms with Gasteiger partial charge in [0.2, 0.25) is 0 Å². The van der Waals surface area contributed by atoms with Crippen LogP contribution in [0.25, 0.3) is 0 Å². The maximum absolute atomic E-state index is 11.6. The topological polar surface area (TPSA) is 23.6 Å². The summed E-state index contributed by atoms with van der Waals surface area (Å²) in [7, 11) is 0. The molecule has 0 aromatic carbocycles. The van der Waals surface area contributed by atoms with Gasteiger partial charge in [-0.3, -0.25) is 4.90 Å². The van der Waals surface area contributed by atoms with E-state index in [2.05, 4.69) is 16.7 Å². The van der Waals surface area contributed by atoms with Gasteiger partial charge in [0.15, 0.2) is 0 Å². The van der Waals surface area contributed by atoms with E-state index >= 15 is 0 Å². The van der Waals surface area contributed by atoms with Crippen molar-refractivity contribution in [1.82, 2.24) is 9.80 Å².